The van der Waals surface area contributed by atoms with Gasteiger partial charge in [0.1, 0.15) is 41.4 Å². The number of halogens is 1. The average molecular weight is 469 g/mol. The van der Waals surface area contributed by atoms with Gasteiger partial charge in [-0.05, 0) is 60.9 Å². The zero-order valence-corrected chi connectivity index (χ0v) is 19.2. The maximum atomic E-state index is 12.3. The molecule has 0 radical (unpaired) electrons. The van der Waals surface area contributed by atoms with E-state index >= 15 is 0 Å². The number of nitriles is 1. The van der Waals surface area contributed by atoms with E-state index in [9.17, 15) is 10.1 Å². The molecule has 0 unspecified atom stereocenters. The quantitative estimate of drug-likeness (QED) is 0.267. The lowest BCUT2D eigenvalue weighted by molar-refractivity contribution is -0.112. The van der Waals surface area contributed by atoms with Crippen molar-refractivity contribution >= 4 is 40.1 Å². The van der Waals surface area contributed by atoms with Crippen LogP contribution in [0.25, 0.3) is 6.08 Å². The summed E-state index contributed by atoms with van der Waals surface area (Å²) in [6, 6.07) is 14.5. The van der Waals surface area contributed by atoms with Gasteiger partial charge in [-0.15, -0.1) is 10.2 Å². The highest BCUT2D eigenvalue weighted by molar-refractivity contribution is 7.15. The van der Waals surface area contributed by atoms with Gasteiger partial charge in [-0.25, -0.2) is 0 Å². The highest BCUT2D eigenvalue weighted by Crippen LogP contribution is 2.21. The van der Waals surface area contributed by atoms with Gasteiger partial charge >= 0.3 is 0 Å². The summed E-state index contributed by atoms with van der Waals surface area (Å²) in [5.41, 5.74) is 1.62. The van der Waals surface area contributed by atoms with Crippen molar-refractivity contribution in [2.24, 2.45) is 0 Å². The van der Waals surface area contributed by atoms with Crippen LogP contribution >= 0.6 is 22.9 Å². The van der Waals surface area contributed by atoms with E-state index in [0.29, 0.717) is 34.7 Å². The second kappa shape index (κ2) is 11.3. The van der Waals surface area contributed by atoms with Gasteiger partial charge in [0.25, 0.3) is 5.91 Å². The minimum absolute atomic E-state index is 0.0291. The lowest BCUT2D eigenvalue weighted by Gasteiger charge is -2.09. The molecule has 1 amide bonds. The highest BCUT2D eigenvalue weighted by Gasteiger charge is 2.12. The van der Waals surface area contributed by atoms with Gasteiger partial charge in [0, 0.05) is 5.02 Å². The molecular formula is C23H21ClN4O3S. The number of aryl methyl sites for hydroxylation is 2. The predicted molar refractivity (Wildman–Crippen MR) is 125 cm³/mol. The van der Waals surface area contributed by atoms with E-state index in [-0.39, 0.29) is 5.57 Å². The Bertz CT molecular complexity index is 1150. The standard InChI is InChI=1S/C23H21ClN4O3S/c1-3-21-27-28-23(32-21)26-22(29)17(14-25)13-16-4-6-18(7-5-16)30-10-11-31-19-8-9-20(24)15(2)12-19/h4-9,12-13H,3,10-11H2,1-2H3,(H,26,28,29)/b17-13-. The van der Waals surface area contributed by atoms with Crippen LogP contribution in [0.15, 0.2) is 48.0 Å². The molecule has 7 nitrogen and oxygen atoms in total. The van der Waals surface area contributed by atoms with Crippen molar-refractivity contribution in [1.82, 2.24) is 10.2 Å². The summed E-state index contributed by atoms with van der Waals surface area (Å²) < 4.78 is 11.3. The van der Waals surface area contributed by atoms with Crippen LogP contribution in [0.5, 0.6) is 11.5 Å². The van der Waals surface area contributed by atoms with Crippen molar-refractivity contribution in [3.8, 4) is 17.6 Å². The minimum Gasteiger partial charge on any atom is -0.490 e. The van der Waals surface area contributed by atoms with Crippen molar-refractivity contribution in [3.63, 3.8) is 0 Å². The fraction of sp³-hybridized carbons (Fsp3) is 0.217. The van der Waals surface area contributed by atoms with Crippen LogP contribution in [0.2, 0.25) is 5.02 Å². The van der Waals surface area contributed by atoms with Crippen LogP contribution in [0.4, 0.5) is 5.13 Å². The third-order valence-corrected chi connectivity index (χ3v) is 5.70. The summed E-state index contributed by atoms with van der Waals surface area (Å²) in [5.74, 6) is 0.862. The summed E-state index contributed by atoms with van der Waals surface area (Å²) in [4.78, 5) is 12.3. The van der Waals surface area contributed by atoms with Crippen LogP contribution in [0.3, 0.4) is 0 Å². The highest BCUT2D eigenvalue weighted by atomic mass is 35.5. The lowest BCUT2D eigenvalue weighted by atomic mass is 10.1. The van der Waals surface area contributed by atoms with E-state index in [2.05, 4.69) is 15.5 Å². The number of nitrogens with one attached hydrogen (secondary N) is 1. The first-order valence-electron chi connectivity index (χ1n) is 9.86. The number of nitrogens with zero attached hydrogens (tertiary/aromatic N) is 3. The molecule has 1 aromatic heterocycles. The zero-order valence-electron chi connectivity index (χ0n) is 17.6. The number of carbonyl (C=O) groups is 1. The lowest BCUT2D eigenvalue weighted by Crippen LogP contribution is -2.13. The molecule has 0 fully saturated rings. The molecule has 0 saturated heterocycles. The molecule has 0 aliphatic rings. The van der Waals surface area contributed by atoms with E-state index < -0.39 is 5.91 Å². The summed E-state index contributed by atoms with van der Waals surface area (Å²) >= 11 is 7.29. The number of amides is 1. The van der Waals surface area contributed by atoms with Gasteiger partial charge in [0.2, 0.25) is 5.13 Å². The van der Waals surface area contributed by atoms with Gasteiger partial charge in [0.15, 0.2) is 0 Å². The fourth-order valence-electron chi connectivity index (χ4n) is 2.61. The molecular weight excluding hydrogens is 448 g/mol. The number of carbonyl (C=O) groups excluding carboxylic acids is 1. The second-order valence-corrected chi connectivity index (χ2v) is 8.12. The van der Waals surface area contributed by atoms with Gasteiger partial charge in [0.05, 0.1) is 0 Å². The first-order valence-corrected chi connectivity index (χ1v) is 11.0. The summed E-state index contributed by atoms with van der Waals surface area (Å²) in [6.07, 6.45) is 2.24. The van der Waals surface area contributed by atoms with Crippen molar-refractivity contribution in [2.45, 2.75) is 20.3 Å². The number of hydrogen-bond acceptors (Lipinski definition) is 7. The topological polar surface area (TPSA) is 97.1 Å². The number of aromatic nitrogens is 2. The number of anilines is 1. The van der Waals surface area contributed by atoms with E-state index in [1.54, 1.807) is 30.3 Å². The number of benzene rings is 2. The molecule has 2 aromatic carbocycles. The van der Waals surface area contributed by atoms with E-state index in [1.807, 2.05) is 32.0 Å². The van der Waals surface area contributed by atoms with Gasteiger partial charge in [-0.2, -0.15) is 5.26 Å². The van der Waals surface area contributed by atoms with Crippen LogP contribution in [0.1, 0.15) is 23.1 Å². The van der Waals surface area contributed by atoms with E-state index in [1.165, 1.54) is 17.4 Å². The molecule has 1 N–H and O–H groups in total. The summed E-state index contributed by atoms with van der Waals surface area (Å²) in [6.45, 7) is 4.62. The van der Waals surface area contributed by atoms with Crippen LogP contribution < -0.4 is 14.8 Å². The SMILES string of the molecule is CCc1nnc(NC(=O)/C(C#N)=C\c2ccc(OCCOc3ccc(Cl)c(C)c3)cc2)s1. The molecule has 0 aliphatic heterocycles. The molecule has 0 atom stereocenters. The average Bonchev–Trinajstić information content (AvgIpc) is 3.25. The Morgan fingerprint density at radius 3 is 2.47 bits per heavy atom. The Morgan fingerprint density at radius 1 is 1.16 bits per heavy atom. The Kier molecular flexibility index (Phi) is 8.20. The first kappa shape index (κ1) is 23.3. The predicted octanol–water partition coefficient (Wildman–Crippen LogP) is 5.07. The molecule has 0 bridgehead atoms. The molecule has 3 aromatic rings. The van der Waals surface area contributed by atoms with Gasteiger partial charge < -0.3 is 9.47 Å². The van der Waals surface area contributed by atoms with Crippen LogP contribution in [-0.2, 0) is 11.2 Å². The first-order chi connectivity index (χ1) is 15.5. The van der Waals surface area contributed by atoms with E-state index in [0.717, 1.165) is 22.7 Å². The summed E-state index contributed by atoms with van der Waals surface area (Å²) in [5, 5.41) is 21.7. The van der Waals surface area contributed by atoms with Crippen molar-refractivity contribution in [1.29, 1.82) is 5.26 Å². The van der Waals surface area contributed by atoms with Crippen molar-refractivity contribution in [2.75, 3.05) is 18.5 Å². The molecule has 1 heterocycles. The summed E-state index contributed by atoms with van der Waals surface area (Å²) in [7, 11) is 0. The fourth-order valence-corrected chi connectivity index (χ4v) is 3.41. The maximum Gasteiger partial charge on any atom is 0.268 e. The third kappa shape index (κ3) is 6.54. The largest absolute Gasteiger partial charge is 0.490 e. The Hall–Kier alpha value is -3.41. The van der Waals surface area contributed by atoms with E-state index in [4.69, 9.17) is 21.1 Å². The number of rotatable bonds is 9. The van der Waals surface area contributed by atoms with Gasteiger partial charge in [-0.3, -0.25) is 10.1 Å². The molecule has 0 aliphatic carbocycles. The minimum atomic E-state index is -0.527. The molecule has 0 spiro atoms. The van der Waals surface area contributed by atoms with Crippen molar-refractivity contribution in [3.05, 3.63) is 69.2 Å². The smallest absolute Gasteiger partial charge is 0.268 e. The zero-order chi connectivity index (χ0) is 22.9. The Morgan fingerprint density at radius 2 is 1.84 bits per heavy atom. The van der Waals surface area contributed by atoms with Crippen molar-refractivity contribution < 1.29 is 14.3 Å². The number of ether oxygens (including phenoxy) is 2. The second-order valence-electron chi connectivity index (χ2n) is 6.66. The molecule has 32 heavy (non-hydrogen) atoms. The third-order valence-electron chi connectivity index (χ3n) is 4.30. The molecule has 3 rings (SSSR count). The molecule has 164 valence electrons. The normalized spacial score (nSPS) is 11.0. The number of hydrogen-bond donors (Lipinski definition) is 1. The Labute approximate surface area is 195 Å². The van der Waals surface area contributed by atoms with Crippen LogP contribution in [0, 0.1) is 18.3 Å². The molecule has 0 saturated carbocycles. The Balaban J connectivity index is 1.51. The molecule has 9 heteroatoms. The van der Waals surface area contributed by atoms with Gasteiger partial charge in [-0.1, -0.05) is 42.0 Å². The van der Waals surface area contributed by atoms with Crippen LogP contribution in [-0.4, -0.2) is 29.3 Å². The monoisotopic (exact) mass is 468 g/mol. The maximum absolute atomic E-state index is 12.3.